The summed E-state index contributed by atoms with van der Waals surface area (Å²) in [5.41, 5.74) is 0.577. The maximum Gasteiger partial charge on any atom is 0.242 e. The molecule has 0 radical (unpaired) electrons. The van der Waals surface area contributed by atoms with Crippen LogP contribution in [0.1, 0.15) is 17.3 Å². The number of halogens is 2. The second-order valence-electron chi connectivity index (χ2n) is 5.19. The topological polar surface area (TPSA) is 44.4 Å². The molecule has 0 saturated carbocycles. The Bertz CT molecular complexity index is 698. The van der Waals surface area contributed by atoms with Gasteiger partial charge in [0.2, 0.25) is 5.91 Å². The van der Waals surface area contributed by atoms with Crippen molar-refractivity contribution in [1.82, 2.24) is 9.03 Å². The summed E-state index contributed by atoms with van der Waals surface area (Å²) >= 11 is 6.25. The van der Waals surface area contributed by atoms with Gasteiger partial charge in [-0.3, -0.25) is 4.79 Å². The molecular formula is C15H15BrFN3OS2. The summed E-state index contributed by atoms with van der Waals surface area (Å²) in [5.74, 6) is -0.447. The van der Waals surface area contributed by atoms with Crippen LogP contribution in [-0.2, 0) is 4.79 Å². The van der Waals surface area contributed by atoms with E-state index in [4.69, 9.17) is 0 Å². The summed E-state index contributed by atoms with van der Waals surface area (Å²) in [5, 5.41) is 4.89. The Hall–Kier alpha value is -0.930. The Kier molecular flexibility index (Phi) is 5.38. The molecule has 2 unspecified atom stereocenters. The largest absolute Gasteiger partial charge is 0.325 e. The monoisotopic (exact) mass is 415 g/mol. The van der Waals surface area contributed by atoms with Crippen LogP contribution in [0.2, 0.25) is 0 Å². The van der Waals surface area contributed by atoms with Crippen LogP contribution < -0.4 is 10.0 Å². The molecule has 0 spiro atoms. The molecule has 122 valence electrons. The smallest absolute Gasteiger partial charge is 0.242 e. The summed E-state index contributed by atoms with van der Waals surface area (Å²) in [6.07, 6.45) is 0.679. The minimum Gasteiger partial charge on any atom is -0.325 e. The van der Waals surface area contributed by atoms with Crippen LogP contribution in [0.5, 0.6) is 0 Å². The van der Waals surface area contributed by atoms with Crippen molar-refractivity contribution in [3.8, 4) is 0 Å². The molecule has 0 bridgehead atoms. The van der Waals surface area contributed by atoms with Gasteiger partial charge in [0.25, 0.3) is 0 Å². The van der Waals surface area contributed by atoms with Gasteiger partial charge in [0.05, 0.1) is 10.5 Å². The van der Waals surface area contributed by atoms with Gasteiger partial charge in [0.15, 0.2) is 0 Å². The molecule has 1 aliphatic heterocycles. The Balaban J connectivity index is 1.70. The van der Waals surface area contributed by atoms with Crippen molar-refractivity contribution in [2.75, 3.05) is 12.4 Å². The molecule has 2 aromatic rings. The van der Waals surface area contributed by atoms with Crippen LogP contribution in [0.4, 0.5) is 10.1 Å². The number of thiophene rings is 1. The van der Waals surface area contributed by atoms with Gasteiger partial charge in [-0.15, -0.1) is 11.3 Å². The fourth-order valence-corrected chi connectivity index (χ4v) is 4.44. The fraction of sp³-hybridized carbons (Fsp3) is 0.267. The van der Waals surface area contributed by atoms with E-state index in [0.717, 1.165) is 0 Å². The number of anilines is 1. The van der Waals surface area contributed by atoms with Gasteiger partial charge >= 0.3 is 0 Å². The lowest BCUT2D eigenvalue weighted by Gasteiger charge is -2.35. The molecule has 2 heterocycles. The molecular weight excluding hydrogens is 401 g/mol. The summed E-state index contributed by atoms with van der Waals surface area (Å²) in [6.45, 7) is 0. The van der Waals surface area contributed by atoms with Gasteiger partial charge in [-0.05, 0) is 59.0 Å². The van der Waals surface area contributed by atoms with E-state index in [1.807, 2.05) is 22.8 Å². The van der Waals surface area contributed by atoms with Crippen LogP contribution in [0.15, 0.2) is 40.2 Å². The van der Waals surface area contributed by atoms with Crippen molar-refractivity contribution < 1.29 is 9.18 Å². The second kappa shape index (κ2) is 7.31. The molecule has 0 aliphatic carbocycles. The van der Waals surface area contributed by atoms with E-state index < -0.39 is 0 Å². The third-order valence-corrected chi connectivity index (χ3v) is 6.14. The maximum absolute atomic E-state index is 13.3. The first-order chi connectivity index (χ1) is 11.0. The summed E-state index contributed by atoms with van der Waals surface area (Å²) in [6, 6.07) is 8.41. The van der Waals surface area contributed by atoms with Crippen molar-refractivity contribution in [3.05, 3.63) is 50.9 Å². The normalized spacial score (nSPS) is 22.0. The number of nitrogens with zero attached hydrogens (tertiary/aromatic N) is 1. The predicted octanol–water partition coefficient (Wildman–Crippen LogP) is 4.19. The molecule has 1 aromatic heterocycles. The second-order valence-corrected chi connectivity index (χ2v) is 8.02. The van der Waals surface area contributed by atoms with Gasteiger partial charge in [-0.2, -0.15) is 0 Å². The SMILES string of the molecule is CN1SNC(c2cccs2)CC1C(=O)Nc1ccc(F)c(Br)c1. The minimum absolute atomic E-state index is 0.0958. The molecule has 1 aliphatic rings. The molecule has 4 nitrogen and oxygen atoms in total. The van der Waals surface area contributed by atoms with Crippen LogP contribution in [0.3, 0.4) is 0 Å². The van der Waals surface area contributed by atoms with Gasteiger partial charge in [0, 0.05) is 22.7 Å². The number of hydrogen-bond donors (Lipinski definition) is 2. The molecule has 1 saturated heterocycles. The molecule has 23 heavy (non-hydrogen) atoms. The van der Waals surface area contributed by atoms with Gasteiger partial charge in [-0.25, -0.2) is 13.4 Å². The number of likely N-dealkylation sites (N-methyl/N-ethyl adjacent to an activating group) is 1. The molecule has 2 atom stereocenters. The first-order valence-corrected chi connectivity index (χ1v) is 9.44. The van der Waals surface area contributed by atoms with Crippen molar-refractivity contribution in [1.29, 1.82) is 0 Å². The predicted molar refractivity (Wildman–Crippen MR) is 96.7 cm³/mol. The number of carbonyl (C=O) groups is 1. The first kappa shape index (κ1) is 16.9. The number of benzene rings is 1. The maximum atomic E-state index is 13.3. The Morgan fingerprint density at radius 2 is 2.30 bits per heavy atom. The zero-order valence-electron chi connectivity index (χ0n) is 12.3. The fourth-order valence-electron chi connectivity index (χ4n) is 2.37. The third-order valence-electron chi connectivity index (χ3n) is 3.61. The molecule has 3 rings (SSSR count). The highest BCUT2D eigenvalue weighted by Gasteiger charge is 2.33. The van der Waals surface area contributed by atoms with Crippen LogP contribution in [0.25, 0.3) is 0 Å². The van der Waals surface area contributed by atoms with E-state index in [-0.39, 0.29) is 23.8 Å². The Labute approximate surface area is 150 Å². The van der Waals surface area contributed by atoms with E-state index in [2.05, 4.69) is 32.0 Å². The van der Waals surface area contributed by atoms with Crippen LogP contribution in [0, 0.1) is 5.82 Å². The highest BCUT2D eigenvalue weighted by Crippen LogP contribution is 2.33. The van der Waals surface area contributed by atoms with Crippen LogP contribution in [-0.4, -0.2) is 23.3 Å². The Morgan fingerprint density at radius 1 is 1.48 bits per heavy atom. The molecule has 8 heteroatoms. The minimum atomic E-state index is -0.352. The average Bonchev–Trinajstić information content (AvgIpc) is 3.06. The summed E-state index contributed by atoms with van der Waals surface area (Å²) in [4.78, 5) is 13.8. The van der Waals surface area contributed by atoms with E-state index in [0.29, 0.717) is 16.6 Å². The van der Waals surface area contributed by atoms with E-state index >= 15 is 0 Å². The summed E-state index contributed by atoms with van der Waals surface area (Å²) < 4.78 is 18.9. The van der Waals surface area contributed by atoms with Gasteiger partial charge in [-0.1, -0.05) is 6.07 Å². The zero-order chi connectivity index (χ0) is 16.4. The van der Waals surface area contributed by atoms with Gasteiger partial charge < -0.3 is 5.32 Å². The van der Waals surface area contributed by atoms with E-state index in [1.54, 1.807) is 23.5 Å². The lowest BCUT2D eigenvalue weighted by molar-refractivity contribution is -0.119. The number of rotatable bonds is 3. The third kappa shape index (κ3) is 3.95. The molecule has 1 aromatic carbocycles. The molecule has 2 N–H and O–H groups in total. The van der Waals surface area contributed by atoms with Crippen LogP contribution >= 0.6 is 39.4 Å². The summed E-state index contributed by atoms with van der Waals surface area (Å²) in [7, 11) is 1.88. The zero-order valence-corrected chi connectivity index (χ0v) is 15.5. The van der Waals surface area contributed by atoms with Gasteiger partial charge in [0.1, 0.15) is 11.9 Å². The Morgan fingerprint density at radius 3 is 3.00 bits per heavy atom. The number of amides is 1. The standard InChI is InChI=1S/C15H15BrFN3OS2/c1-20-13(8-12(19-23-20)14-3-2-6-22-14)15(21)18-9-4-5-11(17)10(16)7-9/h2-7,12-13,19H,8H2,1H3,(H,18,21). The lowest BCUT2D eigenvalue weighted by Crippen LogP contribution is -2.45. The highest BCUT2D eigenvalue weighted by atomic mass is 79.9. The van der Waals surface area contributed by atoms with Crippen molar-refractivity contribution >= 4 is 51.0 Å². The highest BCUT2D eigenvalue weighted by molar-refractivity contribution is 9.10. The molecule has 1 fully saturated rings. The van der Waals surface area contributed by atoms with E-state index in [1.165, 1.54) is 23.1 Å². The lowest BCUT2D eigenvalue weighted by atomic mass is 10.1. The first-order valence-electron chi connectivity index (χ1n) is 6.99. The molecule has 1 amide bonds. The van der Waals surface area contributed by atoms with E-state index in [9.17, 15) is 9.18 Å². The van der Waals surface area contributed by atoms with Crippen molar-refractivity contribution in [2.45, 2.75) is 18.5 Å². The van der Waals surface area contributed by atoms with Crippen molar-refractivity contribution in [2.24, 2.45) is 0 Å². The average molecular weight is 416 g/mol. The number of carbonyl (C=O) groups excluding carboxylic acids is 1. The van der Waals surface area contributed by atoms with Crippen molar-refractivity contribution in [3.63, 3.8) is 0 Å². The quantitative estimate of drug-likeness (QED) is 0.737. The number of nitrogens with one attached hydrogen (secondary N) is 2. The number of hydrogen-bond acceptors (Lipinski definition) is 5.